The predicted molar refractivity (Wildman–Crippen MR) is 129 cm³/mol. The quantitative estimate of drug-likeness (QED) is 0.176. The molecule has 0 spiro atoms. The number of carbonyl (C=O) groups is 2. The Morgan fingerprint density at radius 1 is 1.00 bits per heavy atom. The van der Waals surface area contributed by atoms with E-state index in [-0.39, 0.29) is 45.2 Å². The molecule has 40 heavy (non-hydrogen) atoms. The SMILES string of the molecule is CCOC(Cc1ccc(OCCN(CCCCC(F)(F)C(F)(F)C(F)(F)F)C(=O)OC2CCCC2)cc1)C(=O)O. The number of halogens is 7. The van der Waals surface area contributed by atoms with Gasteiger partial charge >= 0.3 is 30.1 Å². The second-order valence-electron chi connectivity index (χ2n) is 9.49. The molecule has 1 fully saturated rings. The lowest BCUT2D eigenvalue weighted by atomic mass is 10.0. The first-order chi connectivity index (χ1) is 18.7. The number of alkyl halides is 7. The topological polar surface area (TPSA) is 85.3 Å². The highest BCUT2D eigenvalue weighted by Gasteiger charge is 2.72. The third-order valence-electron chi connectivity index (χ3n) is 6.43. The third kappa shape index (κ3) is 9.70. The minimum Gasteiger partial charge on any atom is -0.492 e. The standard InChI is InChI=1S/C26H34F7NO6/c1-2-38-21(22(35)36)17-18-9-11-19(12-10-18)39-16-15-34(23(37)40-20-7-3-4-8-20)14-6-5-13-24(27,28)25(29,30)26(31,32)33/h9-12,20-21H,2-8,13-17H2,1H3,(H,35,36). The molecule has 1 amide bonds. The molecule has 228 valence electrons. The first-order valence-corrected chi connectivity index (χ1v) is 13.0. The van der Waals surface area contributed by atoms with Crippen LogP contribution >= 0.6 is 0 Å². The fourth-order valence-electron chi connectivity index (χ4n) is 4.16. The van der Waals surface area contributed by atoms with Crippen molar-refractivity contribution in [1.82, 2.24) is 4.90 Å². The fourth-order valence-corrected chi connectivity index (χ4v) is 4.16. The number of hydrogen-bond acceptors (Lipinski definition) is 5. The summed E-state index contributed by atoms with van der Waals surface area (Å²) in [7, 11) is 0. The van der Waals surface area contributed by atoms with Gasteiger partial charge in [0.05, 0.1) is 6.54 Å². The molecule has 0 radical (unpaired) electrons. The van der Waals surface area contributed by atoms with Gasteiger partial charge in [0.15, 0.2) is 6.10 Å². The van der Waals surface area contributed by atoms with Crippen LogP contribution in [-0.4, -0.2) is 78.6 Å². The van der Waals surface area contributed by atoms with Crippen LogP contribution in [0.1, 0.15) is 57.4 Å². The molecular formula is C26H34F7NO6. The predicted octanol–water partition coefficient (Wildman–Crippen LogP) is 6.48. The number of unbranched alkanes of at least 4 members (excludes halogenated alkanes) is 1. The summed E-state index contributed by atoms with van der Waals surface area (Å²) < 4.78 is 107. The lowest BCUT2D eigenvalue weighted by Crippen LogP contribution is -2.51. The molecule has 1 aliphatic carbocycles. The first-order valence-electron chi connectivity index (χ1n) is 13.0. The van der Waals surface area contributed by atoms with Crippen molar-refractivity contribution in [3.63, 3.8) is 0 Å². The maximum absolute atomic E-state index is 13.6. The fraction of sp³-hybridized carbons (Fsp3) is 0.692. The van der Waals surface area contributed by atoms with Crippen LogP contribution in [0.3, 0.4) is 0 Å². The molecular weight excluding hydrogens is 555 g/mol. The number of carboxylic acids is 1. The summed E-state index contributed by atoms with van der Waals surface area (Å²) in [5.74, 6) is -12.2. The molecule has 14 heteroatoms. The maximum Gasteiger partial charge on any atom is 0.459 e. The van der Waals surface area contributed by atoms with Crippen LogP contribution in [0.4, 0.5) is 35.5 Å². The smallest absolute Gasteiger partial charge is 0.459 e. The zero-order valence-electron chi connectivity index (χ0n) is 22.0. The molecule has 0 aliphatic heterocycles. The highest BCUT2D eigenvalue weighted by Crippen LogP contribution is 2.48. The molecule has 1 aromatic rings. The zero-order valence-corrected chi connectivity index (χ0v) is 22.0. The van der Waals surface area contributed by atoms with Gasteiger partial charge in [0.2, 0.25) is 0 Å². The normalized spacial score (nSPS) is 15.6. The van der Waals surface area contributed by atoms with Crippen LogP contribution in [0, 0.1) is 0 Å². The van der Waals surface area contributed by atoms with Gasteiger partial charge in [-0.1, -0.05) is 12.1 Å². The van der Waals surface area contributed by atoms with Crippen LogP contribution in [0.2, 0.25) is 0 Å². The number of carbonyl (C=O) groups excluding carboxylic acids is 1. The van der Waals surface area contributed by atoms with Crippen molar-refractivity contribution in [2.45, 2.75) is 88.5 Å². The Morgan fingerprint density at radius 2 is 1.62 bits per heavy atom. The van der Waals surface area contributed by atoms with Gasteiger partial charge in [0, 0.05) is 26.0 Å². The summed E-state index contributed by atoms with van der Waals surface area (Å²) in [4.78, 5) is 25.0. The molecule has 1 aromatic carbocycles. The van der Waals surface area contributed by atoms with Crippen molar-refractivity contribution in [2.75, 3.05) is 26.3 Å². The highest BCUT2D eigenvalue weighted by molar-refractivity contribution is 5.72. The van der Waals surface area contributed by atoms with Crippen LogP contribution in [-0.2, 0) is 20.7 Å². The molecule has 7 nitrogen and oxygen atoms in total. The lowest BCUT2D eigenvalue weighted by molar-refractivity contribution is -0.355. The van der Waals surface area contributed by atoms with Gasteiger partial charge in [-0.3, -0.25) is 0 Å². The summed E-state index contributed by atoms with van der Waals surface area (Å²) in [5, 5.41) is 9.20. The molecule has 1 saturated carbocycles. The first kappa shape index (κ1) is 33.4. The molecule has 2 rings (SSSR count). The van der Waals surface area contributed by atoms with Gasteiger partial charge in [-0.2, -0.15) is 30.7 Å². The monoisotopic (exact) mass is 589 g/mol. The van der Waals surface area contributed by atoms with E-state index in [1.807, 2.05) is 0 Å². The average molecular weight is 590 g/mol. The molecule has 0 heterocycles. The van der Waals surface area contributed by atoms with E-state index >= 15 is 0 Å². The average Bonchev–Trinajstić information content (AvgIpc) is 3.38. The highest BCUT2D eigenvalue weighted by atomic mass is 19.4. The minimum atomic E-state index is -6.38. The molecule has 1 atom stereocenters. The zero-order chi connectivity index (χ0) is 30.0. The van der Waals surface area contributed by atoms with Crippen LogP contribution < -0.4 is 4.74 Å². The summed E-state index contributed by atoms with van der Waals surface area (Å²) in [5.41, 5.74) is 0.683. The van der Waals surface area contributed by atoms with E-state index in [4.69, 9.17) is 14.2 Å². The molecule has 1 unspecified atom stereocenters. The Kier molecular flexibility index (Phi) is 12.3. The van der Waals surface area contributed by atoms with Crippen LogP contribution in [0.25, 0.3) is 0 Å². The maximum atomic E-state index is 13.6. The van der Waals surface area contributed by atoms with Crippen LogP contribution in [0.15, 0.2) is 24.3 Å². The Balaban J connectivity index is 1.92. The van der Waals surface area contributed by atoms with E-state index in [1.165, 1.54) is 0 Å². The van der Waals surface area contributed by atoms with E-state index < -0.39 is 49.0 Å². The van der Waals surface area contributed by atoms with Crippen LogP contribution in [0.5, 0.6) is 5.75 Å². The Morgan fingerprint density at radius 3 is 2.17 bits per heavy atom. The number of amides is 1. The Bertz CT molecular complexity index is 936. The largest absolute Gasteiger partial charge is 0.492 e. The lowest BCUT2D eigenvalue weighted by Gasteiger charge is -2.28. The molecule has 0 saturated heterocycles. The van der Waals surface area contributed by atoms with E-state index in [2.05, 4.69) is 0 Å². The summed E-state index contributed by atoms with van der Waals surface area (Å²) in [6.45, 7) is 1.59. The van der Waals surface area contributed by atoms with Crippen molar-refractivity contribution in [3.8, 4) is 5.75 Å². The molecule has 1 N–H and O–H groups in total. The number of ether oxygens (including phenoxy) is 3. The Labute approximate surface area is 227 Å². The molecule has 1 aliphatic rings. The summed E-state index contributed by atoms with van der Waals surface area (Å²) in [6.07, 6.45) is -7.91. The number of rotatable bonds is 16. The number of hydrogen-bond donors (Lipinski definition) is 1. The summed E-state index contributed by atoms with van der Waals surface area (Å²) >= 11 is 0. The van der Waals surface area contributed by atoms with Gasteiger partial charge in [-0.05, 0) is 63.1 Å². The number of nitrogens with zero attached hydrogens (tertiary/aromatic N) is 1. The number of carboxylic acid groups (broad SMARTS) is 1. The van der Waals surface area contributed by atoms with Gasteiger partial charge in [-0.25, -0.2) is 9.59 Å². The number of benzene rings is 1. The second kappa shape index (κ2) is 14.7. The van der Waals surface area contributed by atoms with Crippen molar-refractivity contribution in [1.29, 1.82) is 0 Å². The molecule has 0 bridgehead atoms. The van der Waals surface area contributed by atoms with Gasteiger partial charge in [0.1, 0.15) is 18.5 Å². The Hall–Kier alpha value is -2.77. The van der Waals surface area contributed by atoms with E-state index in [0.717, 1.165) is 17.7 Å². The second-order valence-corrected chi connectivity index (χ2v) is 9.49. The molecule has 0 aromatic heterocycles. The van der Waals surface area contributed by atoms with E-state index in [1.54, 1.807) is 31.2 Å². The van der Waals surface area contributed by atoms with E-state index in [9.17, 15) is 45.4 Å². The van der Waals surface area contributed by atoms with Gasteiger partial charge < -0.3 is 24.2 Å². The minimum absolute atomic E-state index is 0.0574. The van der Waals surface area contributed by atoms with Crippen molar-refractivity contribution in [2.24, 2.45) is 0 Å². The van der Waals surface area contributed by atoms with Gasteiger partial charge in [-0.15, -0.1) is 0 Å². The van der Waals surface area contributed by atoms with Crippen molar-refractivity contribution >= 4 is 12.1 Å². The summed E-state index contributed by atoms with van der Waals surface area (Å²) in [6, 6.07) is 6.47. The number of aliphatic carboxylic acids is 1. The van der Waals surface area contributed by atoms with E-state index in [0.29, 0.717) is 24.2 Å². The van der Waals surface area contributed by atoms with Crippen molar-refractivity contribution < 1.29 is 59.6 Å². The van der Waals surface area contributed by atoms with Crippen molar-refractivity contribution in [3.05, 3.63) is 29.8 Å². The third-order valence-corrected chi connectivity index (χ3v) is 6.43. The van der Waals surface area contributed by atoms with Gasteiger partial charge in [0.25, 0.3) is 0 Å².